The van der Waals surface area contributed by atoms with Crippen molar-refractivity contribution >= 4 is 12.0 Å². The van der Waals surface area contributed by atoms with Gasteiger partial charge in [-0.05, 0) is 25.0 Å². The molecule has 41 heavy (non-hydrogen) atoms. The summed E-state index contributed by atoms with van der Waals surface area (Å²) in [5, 5.41) is 38.1. The summed E-state index contributed by atoms with van der Waals surface area (Å²) in [7, 11) is 1.40. The Morgan fingerprint density at radius 2 is 1.85 bits per heavy atom. The van der Waals surface area contributed by atoms with Crippen LogP contribution in [-0.4, -0.2) is 134 Å². The van der Waals surface area contributed by atoms with Crippen LogP contribution < -0.4 is 0 Å². The van der Waals surface area contributed by atoms with E-state index < -0.39 is 60.6 Å². The summed E-state index contributed by atoms with van der Waals surface area (Å²) >= 11 is 0. The van der Waals surface area contributed by atoms with Crippen molar-refractivity contribution in [1.29, 1.82) is 0 Å². The lowest BCUT2D eigenvalue weighted by Gasteiger charge is -2.44. The number of carbonyl (C=O) groups is 2. The van der Waals surface area contributed by atoms with Crippen LogP contribution in [0.15, 0.2) is 18.3 Å². The third-order valence-corrected chi connectivity index (χ3v) is 7.98. The van der Waals surface area contributed by atoms with E-state index in [1.165, 1.54) is 22.9 Å². The van der Waals surface area contributed by atoms with Crippen LogP contribution in [0.5, 0.6) is 0 Å². The van der Waals surface area contributed by atoms with Gasteiger partial charge in [-0.1, -0.05) is 5.21 Å². The lowest BCUT2D eigenvalue weighted by Crippen LogP contribution is -2.59. The quantitative estimate of drug-likeness (QED) is 0.387. The van der Waals surface area contributed by atoms with Crippen molar-refractivity contribution in [3.8, 4) is 11.3 Å². The molecule has 5 rings (SSSR count). The van der Waals surface area contributed by atoms with Crippen LogP contribution in [0.4, 0.5) is 18.0 Å². The van der Waals surface area contributed by atoms with E-state index >= 15 is 0 Å². The van der Waals surface area contributed by atoms with Crippen molar-refractivity contribution < 1.29 is 47.6 Å². The van der Waals surface area contributed by atoms with Gasteiger partial charge in [0.25, 0.3) is 0 Å². The van der Waals surface area contributed by atoms with E-state index in [1.54, 1.807) is 4.90 Å². The van der Waals surface area contributed by atoms with Crippen LogP contribution in [0.2, 0.25) is 0 Å². The summed E-state index contributed by atoms with van der Waals surface area (Å²) in [5.41, 5.74) is -0.0496. The maximum Gasteiger partial charge on any atom is 0.407 e. The number of hydrogen-bond acceptors (Lipinski definition) is 9. The van der Waals surface area contributed by atoms with Crippen molar-refractivity contribution in [3.05, 3.63) is 35.8 Å². The third-order valence-electron chi connectivity index (χ3n) is 7.98. The topological polar surface area (TPSA) is 154 Å². The zero-order valence-electron chi connectivity index (χ0n) is 22.1. The van der Waals surface area contributed by atoms with Gasteiger partial charge >= 0.3 is 6.09 Å². The van der Waals surface area contributed by atoms with E-state index in [2.05, 4.69) is 10.3 Å². The van der Waals surface area contributed by atoms with Crippen LogP contribution in [0, 0.1) is 17.5 Å². The maximum atomic E-state index is 13.8. The van der Waals surface area contributed by atoms with E-state index in [1.807, 2.05) is 4.90 Å². The molecule has 0 unspecified atom stereocenters. The zero-order chi connectivity index (χ0) is 29.4. The number of aromatic nitrogens is 3. The van der Waals surface area contributed by atoms with Gasteiger partial charge in [-0.25, -0.2) is 22.6 Å². The number of hydrogen-bond donors (Lipinski definition) is 3. The highest BCUT2D eigenvalue weighted by Crippen LogP contribution is 2.34. The average Bonchev–Trinajstić information content (AvgIpc) is 3.58. The van der Waals surface area contributed by atoms with Crippen molar-refractivity contribution in [2.75, 3.05) is 46.6 Å². The van der Waals surface area contributed by atoms with Gasteiger partial charge in [-0.15, -0.1) is 5.10 Å². The molecule has 1 aromatic carbocycles. The second kappa shape index (κ2) is 11.9. The summed E-state index contributed by atoms with van der Waals surface area (Å²) in [6.45, 7) is 0.741. The molecule has 224 valence electrons. The fraction of sp³-hybridized carbons (Fsp3) is 0.600. The lowest BCUT2D eigenvalue weighted by molar-refractivity contribution is -0.216. The van der Waals surface area contributed by atoms with E-state index in [4.69, 9.17) is 9.47 Å². The Morgan fingerprint density at radius 3 is 2.46 bits per heavy atom. The number of carbonyl (C=O) groups excluding carboxylic acids is 1. The smallest absolute Gasteiger partial charge is 0.407 e. The van der Waals surface area contributed by atoms with Gasteiger partial charge in [0.15, 0.2) is 17.5 Å². The standard InChI is InChI=1S/C25H31F3N6O7/c1-40-24-18(9-31-10-20(36)33(12-31)14-2-4-32(5-3-14)25(38)39)41-19(11-35)23(37)22(24)34-8-17(29-30-34)13-6-15(26)21(28)16(27)7-13/h6-8,14,18-19,22-24,35,37H,2-5,9-12H2,1H3,(H,38,39)/t18-,19-,22+,23+,24+/m1/s1. The number of halogens is 3. The van der Waals surface area contributed by atoms with Gasteiger partial charge in [-0.2, -0.15) is 0 Å². The largest absolute Gasteiger partial charge is 0.465 e. The van der Waals surface area contributed by atoms with E-state index in [0.717, 1.165) is 12.1 Å². The molecule has 3 fully saturated rings. The minimum absolute atomic E-state index is 0.0168. The maximum absolute atomic E-state index is 13.8. The lowest BCUT2D eigenvalue weighted by atomic mass is 9.92. The highest BCUT2D eigenvalue weighted by atomic mass is 19.2. The number of ether oxygens (including phenoxy) is 2. The predicted octanol–water partition coefficient (Wildman–Crippen LogP) is 0.283. The predicted molar refractivity (Wildman–Crippen MR) is 133 cm³/mol. The second-order valence-electron chi connectivity index (χ2n) is 10.4. The fourth-order valence-corrected chi connectivity index (χ4v) is 5.86. The molecule has 2 amide bonds. The zero-order valence-corrected chi connectivity index (χ0v) is 22.1. The number of rotatable bonds is 7. The Labute approximate surface area is 232 Å². The number of carboxylic acid groups (broad SMARTS) is 1. The van der Waals surface area contributed by atoms with Crippen molar-refractivity contribution in [1.82, 2.24) is 29.7 Å². The first-order valence-corrected chi connectivity index (χ1v) is 13.1. The molecule has 0 radical (unpaired) electrons. The molecule has 2 aromatic rings. The van der Waals surface area contributed by atoms with Crippen LogP contribution in [0.25, 0.3) is 11.3 Å². The van der Waals surface area contributed by atoms with Gasteiger partial charge in [0.2, 0.25) is 5.91 Å². The summed E-state index contributed by atoms with van der Waals surface area (Å²) < 4.78 is 54.0. The van der Waals surface area contributed by atoms with Crippen LogP contribution in [-0.2, 0) is 14.3 Å². The number of amides is 2. The molecular weight excluding hydrogens is 553 g/mol. The van der Waals surface area contributed by atoms with E-state index in [0.29, 0.717) is 32.6 Å². The van der Waals surface area contributed by atoms with Crippen molar-refractivity contribution in [3.63, 3.8) is 0 Å². The van der Waals surface area contributed by atoms with E-state index in [-0.39, 0.29) is 36.3 Å². The number of likely N-dealkylation sites (tertiary alicyclic amines) is 1. The number of benzene rings is 1. The number of aliphatic hydroxyl groups is 2. The molecule has 3 N–H and O–H groups in total. The normalized spacial score (nSPS) is 28.0. The molecule has 3 aliphatic heterocycles. The molecule has 4 heterocycles. The Hall–Kier alpha value is -3.31. The van der Waals surface area contributed by atoms with Gasteiger partial charge in [0.1, 0.15) is 30.0 Å². The van der Waals surface area contributed by atoms with Crippen LogP contribution >= 0.6 is 0 Å². The molecule has 16 heteroatoms. The van der Waals surface area contributed by atoms with E-state index in [9.17, 15) is 38.1 Å². The molecule has 13 nitrogen and oxygen atoms in total. The SMILES string of the molecule is CO[C@@H]1[C@@H](n2cc(-c3cc(F)c(F)c(F)c3)nn2)[C@@H](O)[C@@H](CO)O[C@@H]1CN1CC(=O)N(C2CCN(C(=O)O)CC2)C1. The minimum Gasteiger partial charge on any atom is -0.465 e. The number of piperidine rings is 1. The van der Waals surface area contributed by atoms with Crippen molar-refractivity contribution in [2.45, 2.75) is 49.3 Å². The van der Waals surface area contributed by atoms with Crippen LogP contribution in [0.3, 0.4) is 0 Å². The Balaban J connectivity index is 1.32. The average molecular weight is 585 g/mol. The molecule has 3 saturated heterocycles. The molecular formula is C25H31F3N6O7. The van der Waals surface area contributed by atoms with Crippen LogP contribution in [0.1, 0.15) is 18.9 Å². The Kier molecular flexibility index (Phi) is 8.47. The number of methoxy groups -OCH3 is 1. The highest BCUT2D eigenvalue weighted by molar-refractivity contribution is 5.80. The highest BCUT2D eigenvalue weighted by Gasteiger charge is 2.48. The summed E-state index contributed by atoms with van der Waals surface area (Å²) in [6, 6.07) is 0.523. The molecule has 3 aliphatic rings. The van der Waals surface area contributed by atoms with Gasteiger partial charge in [0, 0.05) is 38.3 Å². The summed E-state index contributed by atoms with van der Waals surface area (Å²) in [4.78, 5) is 29.0. The molecule has 1 aromatic heterocycles. The summed E-state index contributed by atoms with van der Waals surface area (Å²) in [5.74, 6) is -4.49. The minimum atomic E-state index is -1.61. The molecule has 0 bridgehead atoms. The second-order valence-corrected chi connectivity index (χ2v) is 10.4. The van der Waals surface area contributed by atoms with Crippen molar-refractivity contribution in [2.24, 2.45) is 0 Å². The number of nitrogens with zero attached hydrogens (tertiary/aromatic N) is 6. The molecule has 0 saturated carbocycles. The first-order chi connectivity index (χ1) is 19.6. The Bertz CT molecular complexity index is 1250. The van der Waals surface area contributed by atoms with Gasteiger partial charge in [0.05, 0.1) is 32.1 Å². The number of aliphatic hydroxyl groups excluding tert-OH is 2. The molecule has 0 aliphatic carbocycles. The summed E-state index contributed by atoms with van der Waals surface area (Å²) in [6.07, 6.45) is -2.52. The molecule has 0 spiro atoms. The first-order valence-electron chi connectivity index (χ1n) is 13.1. The third kappa shape index (κ3) is 5.74. The Morgan fingerprint density at radius 1 is 1.17 bits per heavy atom. The first kappa shape index (κ1) is 29.2. The van der Waals surface area contributed by atoms with Gasteiger partial charge < -0.3 is 34.6 Å². The molecule has 5 atom stereocenters. The van der Waals surface area contributed by atoms with Gasteiger partial charge in [-0.3, -0.25) is 9.69 Å². The fourth-order valence-electron chi connectivity index (χ4n) is 5.86. The monoisotopic (exact) mass is 584 g/mol.